The molecule has 0 saturated heterocycles. The van der Waals surface area contributed by atoms with Crippen LogP contribution in [0.4, 0.5) is 0 Å². The van der Waals surface area contributed by atoms with Crippen molar-refractivity contribution in [3.63, 3.8) is 0 Å². The van der Waals surface area contributed by atoms with Crippen molar-refractivity contribution in [1.82, 2.24) is 10.3 Å². The summed E-state index contributed by atoms with van der Waals surface area (Å²) in [6.45, 7) is 1.30. The lowest BCUT2D eigenvalue weighted by Crippen LogP contribution is -2.30. The molecule has 1 aromatic heterocycles. The van der Waals surface area contributed by atoms with Crippen LogP contribution in [0.3, 0.4) is 0 Å². The zero-order chi connectivity index (χ0) is 12.7. The summed E-state index contributed by atoms with van der Waals surface area (Å²) < 4.78 is 10.9. The van der Waals surface area contributed by atoms with Crippen LogP contribution in [-0.2, 0) is 6.42 Å². The van der Waals surface area contributed by atoms with Crippen molar-refractivity contribution < 1.29 is 9.47 Å². The third-order valence-electron chi connectivity index (χ3n) is 3.73. The number of hydrogen-bond acceptors (Lipinski definition) is 4. The largest absolute Gasteiger partial charge is 0.454 e. The van der Waals surface area contributed by atoms with Crippen LogP contribution >= 0.6 is 0 Å². The molecule has 3 heterocycles. The van der Waals surface area contributed by atoms with Crippen LogP contribution in [0.2, 0.25) is 0 Å². The van der Waals surface area contributed by atoms with E-state index < -0.39 is 0 Å². The van der Waals surface area contributed by atoms with E-state index in [9.17, 15) is 0 Å². The highest BCUT2D eigenvalue weighted by molar-refractivity contribution is 5.52. The van der Waals surface area contributed by atoms with Gasteiger partial charge in [-0.05, 0) is 47.4 Å². The first-order valence-electron chi connectivity index (χ1n) is 6.47. The number of pyridine rings is 1. The molecule has 1 aromatic carbocycles. The zero-order valence-electron chi connectivity index (χ0n) is 10.4. The molecule has 0 saturated carbocycles. The van der Waals surface area contributed by atoms with Gasteiger partial charge in [0.15, 0.2) is 11.5 Å². The summed E-state index contributed by atoms with van der Waals surface area (Å²) in [6.07, 6.45) is 4.68. The molecule has 2 aliphatic heterocycles. The van der Waals surface area contributed by atoms with Crippen molar-refractivity contribution in [3.05, 3.63) is 53.3 Å². The van der Waals surface area contributed by atoms with Gasteiger partial charge in [0.25, 0.3) is 0 Å². The number of aromatic nitrogens is 1. The predicted octanol–water partition coefficient (Wildman–Crippen LogP) is 2.05. The molecule has 0 spiro atoms. The molecule has 2 aliphatic rings. The molecular formula is C15H14N2O2. The van der Waals surface area contributed by atoms with Crippen molar-refractivity contribution >= 4 is 0 Å². The van der Waals surface area contributed by atoms with Gasteiger partial charge in [0.2, 0.25) is 6.79 Å². The number of rotatable bonds is 1. The van der Waals surface area contributed by atoms with Crippen LogP contribution in [0.25, 0.3) is 0 Å². The minimum absolute atomic E-state index is 0.209. The van der Waals surface area contributed by atoms with Gasteiger partial charge < -0.3 is 14.8 Å². The molecule has 4 rings (SSSR count). The molecule has 19 heavy (non-hydrogen) atoms. The Morgan fingerprint density at radius 3 is 2.74 bits per heavy atom. The van der Waals surface area contributed by atoms with Crippen LogP contribution in [-0.4, -0.2) is 18.3 Å². The number of benzene rings is 1. The maximum atomic E-state index is 5.49. The van der Waals surface area contributed by atoms with E-state index in [4.69, 9.17) is 9.47 Å². The lowest BCUT2D eigenvalue weighted by Gasteiger charge is -2.27. The first kappa shape index (κ1) is 10.8. The molecule has 0 fully saturated rings. The lowest BCUT2D eigenvalue weighted by molar-refractivity contribution is 0.174. The molecule has 4 nitrogen and oxygen atoms in total. The summed E-state index contributed by atoms with van der Waals surface area (Å²) in [4.78, 5) is 4.08. The van der Waals surface area contributed by atoms with Crippen molar-refractivity contribution in [2.45, 2.75) is 12.5 Å². The SMILES string of the molecule is c1cc(C2NCCc3cc4c(cc32)OCO4)ccn1. The van der Waals surface area contributed by atoms with Gasteiger partial charge in [-0.3, -0.25) is 4.98 Å². The fourth-order valence-electron chi connectivity index (χ4n) is 2.80. The summed E-state index contributed by atoms with van der Waals surface area (Å²) in [7, 11) is 0. The summed E-state index contributed by atoms with van der Waals surface area (Å²) in [5, 5.41) is 3.56. The number of nitrogens with one attached hydrogen (secondary N) is 1. The van der Waals surface area contributed by atoms with E-state index in [0.717, 1.165) is 24.5 Å². The van der Waals surface area contributed by atoms with E-state index in [1.54, 1.807) is 0 Å². The van der Waals surface area contributed by atoms with E-state index in [0.29, 0.717) is 6.79 Å². The fraction of sp³-hybridized carbons (Fsp3) is 0.267. The van der Waals surface area contributed by atoms with Gasteiger partial charge in [0.1, 0.15) is 0 Å². The van der Waals surface area contributed by atoms with Crippen LogP contribution < -0.4 is 14.8 Å². The lowest BCUT2D eigenvalue weighted by atomic mass is 9.90. The van der Waals surface area contributed by atoms with Crippen LogP contribution in [0, 0.1) is 0 Å². The predicted molar refractivity (Wildman–Crippen MR) is 70.4 cm³/mol. The van der Waals surface area contributed by atoms with Gasteiger partial charge in [-0.1, -0.05) is 0 Å². The second-order valence-electron chi connectivity index (χ2n) is 4.82. The summed E-state index contributed by atoms with van der Waals surface area (Å²) in [5.74, 6) is 1.72. The van der Waals surface area contributed by atoms with Crippen LogP contribution in [0.5, 0.6) is 11.5 Å². The summed E-state index contributed by atoms with van der Waals surface area (Å²) >= 11 is 0. The zero-order valence-corrected chi connectivity index (χ0v) is 10.4. The average Bonchev–Trinajstić information content (AvgIpc) is 2.92. The molecule has 1 unspecified atom stereocenters. The Labute approximate surface area is 111 Å². The second-order valence-corrected chi connectivity index (χ2v) is 4.82. The number of nitrogens with zero attached hydrogens (tertiary/aromatic N) is 1. The van der Waals surface area contributed by atoms with Gasteiger partial charge in [-0.25, -0.2) is 0 Å². The van der Waals surface area contributed by atoms with Crippen LogP contribution in [0.15, 0.2) is 36.7 Å². The highest BCUT2D eigenvalue weighted by Crippen LogP contribution is 2.39. The number of ether oxygens (including phenoxy) is 2. The molecule has 4 heteroatoms. The van der Waals surface area contributed by atoms with E-state index in [2.05, 4.69) is 34.6 Å². The van der Waals surface area contributed by atoms with E-state index in [1.807, 2.05) is 12.4 Å². The Kier molecular flexibility index (Phi) is 2.42. The molecule has 0 amide bonds. The highest BCUT2D eigenvalue weighted by Gasteiger charge is 2.25. The minimum Gasteiger partial charge on any atom is -0.454 e. The number of fused-ring (bicyclic) bond motifs is 2. The first-order chi connectivity index (χ1) is 9.42. The molecule has 0 aliphatic carbocycles. The molecule has 0 bridgehead atoms. The Hall–Kier alpha value is -2.07. The number of hydrogen-bond donors (Lipinski definition) is 1. The average molecular weight is 254 g/mol. The van der Waals surface area contributed by atoms with Crippen LogP contribution in [0.1, 0.15) is 22.7 Å². The summed E-state index contributed by atoms with van der Waals surface area (Å²) in [5.41, 5.74) is 3.85. The standard InChI is InChI=1S/C15H14N2O2/c1-4-16-5-2-10(1)15-12-8-14-13(18-9-19-14)7-11(12)3-6-17-15/h1-2,4-5,7-8,15,17H,3,6,9H2. The Balaban J connectivity index is 1.82. The minimum atomic E-state index is 0.209. The Morgan fingerprint density at radius 1 is 1.11 bits per heavy atom. The third-order valence-corrected chi connectivity index (χ3v) is 3.73. The molecule has 1 N–H and O–H groups in total. The Bertz CT molecular complexity index is 613. The molecular weight excluding hydrogens is 240 g/mol. The third kappa shape index (κ3) is 1.76. The maximum absolute atomic E-state index is 5.49. The quantitative estimate of drug-likeness (QED) is 0.845. The summed E-state index contributed by atoms with van der Waals surface area (Å²) in [6, 6.07) is 8.54. The monoisotopic (exact) mass is 254 g/mol. The topological polar surface area (TPSA) is 43.4 Å². The van der Waals surface area contributed by atoms with Crippen molar-refractivity contribution in [2.24, 2.45) is 0 Å². The first-order valence-corrected chi connectivity index (χ1v) is 6.47. The fourth-order valence-corrected chi connectivity index (χ4v) is 2.80. The van der Waals surface area contributed by atoms with Crippen molar-refractivity contribution in [1.29, 1.82) is 0 Å². The smallest absolute Gasteiger partial charge is 0.231 e. The maximum Gasteiger partial charge on any atom is 0.231 e. The normalized spacial score (nSPS) is 20.1. The highest BCUT2D eigenvalue weighted by atomic mass is 16.7. The van der Waals surface area contributed by atoms with Crippen molar-refractivity contribution in [3.8, 4) is 11.5 Å². The molecule has 2 aromatic rings. The second kappa shape index (κ2) is 4.24. The van der Waals surface area contributed by atoms with E-state index in [1.165, 1.54) is 16.7 Å². The molecule has 1 atom stereocenters. The van der Waals surface area contributed by atoms with E-state index >= 15 is 0 Å². The molecule has 96 valence electrons. The van der Waals surface area contributed by atoms with Gasteiger partial charge >= 0.3 is 0 Å². The van der Waals surface area contributed by atoms with Gasteiger partial charge in [-0.2, -0.15) is 0 Å². The van der Waals surface area contributed by atoms with E-state index in [-0.39, 0.29) is 6.04 Å². The molecule has 0 radical (unpaired) electrons. The van der Waals surface area contributed by atoms with Gasteiger partial charge in [0, 0.05) is 18.9 Å². The van der Waals surface area contributed by atoms with Crippen molar-refractivity contribution in [2.75, 3.05) is 13.3 Å². The Morgan fingerprint density at radius 2 is 1.89 bits per heavy atom. The van der Waals surface area contributed by atoms with Gasteiger partial charge in [0.05, 0.1) is 6.04 Å². The van der Waals surface area contributed by atoms with Gasteiger partial charge in [-0.15, -0.1) is 0 Å².